The zero-order chi connectivity index (χ0) is 17.8. The van der Waals surface area contributed by atoms with Gasteiger partial charge in [-0.3, -0.25) is 0 Å². The quantitative estimate of drug-likeness (QED) is 0.587. The first kappa shape index (κ1) is 17.3. The normalized spacial score (nSPS) is 11.0. The molecular weight excluding hydrogens is 334 g/mol. The fraction of sp³-hybridized carbons (Fsp3) is 0.333. The van der Waals surface area contributed by atoms with Gasteiger partial charge in [0.15, 0.2) is 5.13 Å². The number of amides is 2. The number of hydrogen-bond acceptors (Lipinski definition) is 4. The molecule has 3 rings (SSSR count). The summed E-state index contributed by atoms with van der Waals surface area (Å²) in [7, 11) is 0. The summed E-state index contributed by atoms with van der Waals surface area (Å²) < 4.78 is 2.25. The highest BCUT2D eigenvalue weighted by Gasteiger charge is 2.07. The number of nitrogens with zero attached hydrogens (tertiary/aromatic N) is 2. The van der Waals surface area contributed by atoms with Crippen LogP contribution < -0.4 is 16.4 Å². The molecule has 0 aliphatic rings. The summed E-state index contributed by atoms with van der Waals surface area (Å²) >= 11 is 1.44. The van der Waals surface area contributed by atoms with Gasteiger partial charge in [-0.05, 0) is 51.0 Å². The van der Waals surface area contributed by atoms with Crippen LogP contribution in [0.5, 0.6) is 0 Å². The number of nitrogen functional groups attached to an aromatic ring is 1. The van der Waals surface area contributed by atoms with Crippen LogP contribution >= 0.6 is 11.3 Å². The number of aromatic nitrogens is 2. The summed E-state index contributed by atoms with van der Waals surface area (Å²) in [6.07, 6.45) is 1.64. The SMILES string of the molecule is CCn1c(C)cc2cc(NC(=O)NCCCc3csc(N)n3)ccc21. The van der Waals surface area contributed by atoms with Crippen molar-refractivity contribution in [2.45, 2.75) is 33.2 Å². The molecule has 7 heteroatoms. The Kier molecular flexibility index (Phi) is 5.23. The number of carbonyl (C=O) groups is 1. The summed E-state index contributed by atoms with van der Waals surface area (Å²) in [5, 5.41) is 9.44. The Morgan fingerprint density at radius 2 is 2.20 bits per heavy atom. The van der Waals surface area contributed by atoms with Crippen LogP contribution in [0, 0.1) is 6.92 Å². The van der Waals surface area contributed by atoms with Crippen molar-refractivity contribution in [2.24, 2.45) is 0 Å². The molecule has 0 unspecified atom stereocenters. The van der Waals surface area contributed by atoms with Gasteiger partial charge in [-0.1, -0.05) is 0 Å². The topological polar surface area (TPSA) is 85.0 Å². The molecule has 6 nitrogen and oxygen atoms in total. The first-order valence-electron chi connectivity index (χ1n) is 8.41. The molecule has 25 heavy (non-hydrogen) atoms. The predicted molar refractivity (Wildman–Crippen MR) is 104 cm³/mol. The van der Waals surface area contributed by atoms with Gasteiger partial charge in [0.05, 0.1) is 5.69 Å². The first-order chi connectivity index (χ1) is 12.1. The number of aryl methyl sites for hydroxylation is 3. The average molecular weight is 357 g/mol. The molecule has 2 amide bonds. The molecule has 2 aromatic heterocycles. The van der Waals surface area contributed by atoms with Crippen molar-refractivity contribution >= 4 is 39.1 Å². The van der Waals surface area contributed by atoms with Crippen molar-refractivity contribution in [3.8, 4) is 0 Å². The van der Waals surface area contributed by atoms with E-state index in [0.29, 0.717) is 11.7 Å². The number of nitrogens with one attached hydrogen (secondary N) is 2. The van der Waals surface area contributed by atoms with Gasteiger partial charge in [0, 0.05) is 40.8 Å². The van der Waals surface area contributed by atoms with Gasteiger partial charge in [0.1, 0.15) is 0 Å². The average Bonchev–Trinajstić information content (AvgIpc) is 3.13. The summed E-state index contributed by atoms with van der Waals surface area (Å²) in [5.41, 5.74) is 9.79. The van der Waals surface area contributed by atoms with Gasteiger partial charge in [0.2, 0.25) is 0 Å². The number of anilines is 2. The molecular formula is C18H23N5OS. The van der Waals surface area contributed by atoms with Gasteiger partial charge in [0.25, 0.3) is 0 Å². The minimum Gasteiger partial charge on any atom is -0.375 e. The summed E-state index contributed by atoms with van der Waals surface area (Å²) in [5.74, 6) is 0. The van der Waals surface area contributed by atoms with E-state index in [0.717, 1.165) is 36.2 Å². The number of urea groups is 1. The van der Waals surface area contributed by atoms with E-state index in [1.165, 1.54) is 22.5 Å². The summed E-state index contributed by atoms with van der Waals surface area (Å²) in [4.78, 5) is 16.2. The third-order valence-electron chi connectivity index (χ3n) is 4.15. The van der Waals surface area contributed by atoms with E-state index in [1.807, 2.05) is 23.6 Å². The second-order valence-corrected chi connectivity index (χ2v) is 6.85. The number of nitrogens with two attached hydrogens (primary N) is 1. The molecule has 0 saturated carbocycles. The van der Waals surface area contributed by atoms with Crippen LogP contribution in [0.4, 0.5) is 15.6 Å². The standard InChI is InChI=1S/C18H23N5OS/c1-3-23-12(2)9-13-10-14(6-7-16(13)23)22-18(24)20-8-4-5-15-11-25-17(19)21-15/h6-7,9-11H,3-5,8H2,1-2H3,(H2,19,21)(H2,20,22,24). The summed E-state index contributed by atoms with van der Waals surface area (Å²) in [6, 6.07) is 7.94. The smallest absolute Gasteiger partial charge is 0.319 e. The highest BCUT2D eigenvalue weighted by atomic mass is 32.1. The molecule has 0 bridgehead atoms. The first-order valence-corrected chi connectivity index (χ1v) is 9.29. The molecule has 0 aliphatic carbocycles. The van der Waals surface area contributed by atoms with E-state index in [9.17, 15) is 4.79 Å². The van der Waals surface area contributed by atoms with Crippen molar-refractivity contribution in [3.63, 3.8) is 0 Å². The molecule has 132 valence electrons. The number of hydrogen-bond donors (Lipinski definition) is 3. The second kappa shape index (κ2) is 7.57. The molecule has 0 atom stereocenters. The van der Waals surface area contributed by atoms with Crippen molar-refractivity contribution in [3.05, 3.63) is 41.0 Å². The Balaban J connectivity index is 1.51. The molecule has 0 spiro atoms. The van der Waals surface area contributed by atoms with Gasteiger partial charge < -0.3 is 20.9 Å². The maximum absolute atomic E-state index is 12.0. The lowest BCUT2D eigenvalue weighted by Crippen LogP contribution is -2.29. The molecule has 0 radical (unpaired) electrons. The van der Waals surface area contributed by atoms with Crippen LogP contribution in [-0.2, 0) is 13.0 Å². The predicted octanol–water partition coefficient (Wildman–Crippen LogP) is 3.76. The second-order valence-electron chi connectivity index (χ2n) is 5.97. The van der Waals surface area contributed by atoms with Gasteiger partial charge >= 0.3 is 6.03 Å². The maximum Gasteiger partial charge on any atom is 0.319 e. The minimum absolute atomic E-state index is 0.191. The van der Waals surface area contributed by atoms with E-state index in [-0.39, 0.29) is 6.03 Å². The van der Waals surface area contributed by atoms with E-state index in [1.54, 1.807) is 0 Å². The lowest BCUT2D eigenvalue weighted by atomic mass is 10.2. The molecule has 1 aromatic carbocycles. The fourth-order valence-electron chi connectivity index (χ4n) is 2.99. The highest BCUT2D eigenvalue weighted by Crippen LogP contribution is 2.23. The van der Waals surface area contributed by atoms with Gasteiger partial charge in [-0.15, -0.1) is 11.3 Å². The third-order valence-corrected chi connectivity index (χ3v) is 4.87. The molecule has 3 aromatic rings. The Labute approximate surface area is 151 Å². The third kappa shape index (κ3) is 4.11. The lowest BCUT2D eigenvalue weighted by Gasteiger charge is -2.08. The van der Waals surface area contributed by atoms with Crippen LogP contribution in [0.1, 0.15) is 24.7 Å². The number of benzene rings is 1. The number of rotatable bonds is 6. The van der Waals surface area contributed by atoms with Crippen LogP contribution in [0.3, 0.4) is 0 Å². The van der Waals surface area contributed by atoms with Crippen LogP contribution in [0.25, 0.3) is 10.9 Å². The zero-order valence-corrected chi connectivity index (χ0v) is 15.3. The summed E-state index contributed by atoms with van der Waals surface area (Å²) in [6.45, 7) is 5.76. The lowest BCUT2D eigenvalue weighted by molar-refractivity contribution is 0.252. The van der Waals surface area contributed by atoms with Crippen LogP contribution in [0.15, 0.2) is 29.6 Å². The van der Waals surface area contributed by atoms with Crippen LogP contribution in [0.2, 0.25) is 0 Å². The largest absolute Gasteiger partial charge is 0.375 e. The molecule has 0 saturated heterocycles. The maximum atomic E-state index is 12.0. The Bertz CT molecular complexity index is 883. The monoisotopic (exact) mass is 357 g/mol. The highest BCUT2D eigenvalue weighted by molar-refractivity contribution is 7.13. The fourth-order valence-corrected chi connectivity index (χ4v) is 3.59. The van der Waals surface area contributed by atoms with E-state index in [4.69, 9.17) is 5.73 Å². The Morgan fingerprint density at radius 3 is 2.92 bits per heavy atom. The van der Waals surface area contributed by atoms with Crippen molar-refractivity contribution in [1.82, 2.24) is 14.9 Å². The number of fused-ring (bicyclic) bond motifs is 1. The van der Waals surface area contributed by atoms with Gasteiger partial charge in [-0.25, -0.2) is 9.78 Å². The van der Waals surface area contributed by atoms with Gasteiger partial charge in [-0.2, -0.15) is 0 Å². The molecule has 4 N–H and O–H groups in total. The number of thiazole rings is 1. The molecule has 0 aliphatic heterocycles. The Morgan fingerprint density at radius 1 is 1.36 bits per heavy atom. The minimum atomic E-state index is -0.191. The van der Waals surface area contributed by atoms with Crippen molar-refractivity contribution in [1.29, 1.82) is 0 Å². The molecule has 2 heterocycles. The van der Waals surface area contributed by atoms with E-state index < -0.39 is 0 Å². The van der Waals surface area contributed by atoms with Crippen molar-refractivity contribution in [2.75, 3.05) is 17.6 Å². The van der Waals surface area contributed by atoms with Crippen molar-refractivity contribution < 1.29 is 4.79 Å². The molecule has 0 fully saturated rings. The van der Waals surface area contributed by atoms with E-state index >= 15 is 0 Å². The zero-order valence-electron chi connectivity index (χ0n) is 14.5. The Hall–Kier alpha value is -2.54. The van der Waals surface area contributed by atoms with E-state index in [2.05, 4.69) is 40.1 Å². The van der Waals surface area contributed by atoms with Crippen LogP contribution in [-0.4, -0.2) is 22.1 Å². The number of carbonyl (C=O) groups excluding carboxylic acids is 1.